The van der Waals surface area contributed by atoms with E-state index < -0.39 is 0 Å². The third-order valence-corrected chi connectivity index (χ3v) is 4.65. The molecular formula is C17H22N2O2. The lowest BCUT2D eigenvalue weighted by atomic mass is 9.80. The van der Waals surface area contributed by atoms with Gasteiger partial charge in [0.2, 0.25) is 11.8 Å². The highest BCUT2D eigenvalue weighted by molar-refractivity contribution is 6.03. The number of benzene rings is 1. The van der Waals surface area contributed by atoms with Crippen LogP contribution in [-0.2, 0) is 9.59 Å². The minimum atomic E-state index is -0.0440. The number of nitrogens with one attached hydrogen (secondary N) is 1. The van der Waals surface area contributed by atoms with Crippen molar-refractivity contribution in [3.05, 3.63) is 29.8 Å². The number of carbonyl (C=O) groups is 2. The van der Waals surface area contributed by atoms with Crippen LogP contribution in [0.4, 0.5) is 5.69 Å². The number of hydrogen-bond donors (Lipinski definition) is 1. The van der Waals surface area contributed by atoms with Gasteiger partial charge in [0.25, 0.3) is 0 Å². The lowest BCUT2D eigenvalue weighted by molar-refractivity contribution is -0.136. The monoisotopic (exact) mass is 286 g/mol. The molecule has 21 heavy (non-hydrogen) atoms. The molecule has 0 spiro atoms. The molecule has 112 valence electrons. The minimum absolute atomic E-state index is 0.0440. The summed E-state index contributed by atoms with van der Waals surface area (Å²) in [5, 5.41) is 2.98. The predicted molar refractivity (Wildman–Crippen MR) is 82.0 cm³/mol. The van der Waals surface area contributed by atoms with Crippen molar-refractivity contribution in [3.8, 4) is 0 Å². The number of fused-ring (bicyclic) bond motifs is 1. The largest absolute Gasteiger partial charge is 0.342 e. The number of anilines is 1. The van der Waals surface area contributed by atoms with Gasteiger partial charge in [-0.2, -0.15) is 0 Å². The van der Waals surface area contributed by atoms with Gasteiger partial charge in [0.05, 0.1) is 5.92 Å². The van der Waals surface area contributed by atoms with E-state index in [1.165, 1.54) is 0 Å². The second kappa shape index (κ2) is 5.51. The first-order valence-corrected chi connectivity index (χ1v) is 7.76. The third-order valence-electron chi connectivity index (χ3n) is 4.65. The first-order chi connectivity index (χ1) is 10.1. The van der Waals surface area contributed by atoms with E-state index in [0.29, 0.717) is 5.92 Å². The van der Waals surface area contributed by atoms with E-state index in [0.717, 1.165) is 37.2 Å². The van der Waals surface area contributed by atoms with Gasteiger partial charge in [0, 0.05) is 24.7 Å². The zero-order valence-electron chi connectivity index (χ0n) is 12.6. The predicted octanol–water partition coefficient (Wildman–Crippen LogP) is 2.62. The first-order valence-electron chi connectivity index (χ1n) is 7.76. The number of likely N-dealkylation sites (tertiary alicyclic amines) is 1. The molecule has 4 nitrogen and oxygen atoms in total. The molecule has 0 radical (unpaired) electrons. The molecule has 2 heterocycles. The maximum Gasteiger partial charge on any atom is 0.232 e. The molecular weight excluding hydrogens is 264 g/mol. The summed E-state index contributed by atoms with van der Waals surface area (Å²) in [5.41, 5.74) is 2.07. The van der Waals surface area contributed by atoms with Crippen LogP contribution in [0.1, 0.15) is 38.2 Å². The Morgan fingerprint density at radius 2 is 1.90 bits per heavy atom. The molecule has 0 saturated carbocycles. The number of amides is 2. The van der Waals surface area contributed by atoms with E-state index in [-0.39, 0.29) is 23.7 Å². The van der Waals surface area contributed by atoms with Crippen LogP contribution in [0.15, 0.2) is 24.3 Å². The van der Waals surface area contributed by atoms with Gasteiger partial charge >= 0.3 is 0 Å². The summed E-state index contributed by atoms with van der Waals surface area (Å²) in [6.45, 7) is 5.42. The molecule has 1 aromatic carbocycles. The maximum atomic E-state index is 12.3. The second-order valence-electron chi connectivity index (χ2n) is 6.37. The van der Waals surface area contributed by atoms with Crippen molar-refractivity contribution >= 4 is 17.5 Å². The van der Waals surface area contributed by atoms with Crippen molar-refractivity contribution in [3.63, 3.8) is 0 Å². The standard InChI is InChI=1S/C17H22N2O2/c1-11(2)17(21)19-9-7-12(8-10-19)15-13-5-3-4-6-14(13)18-16(15)20/h3-6,11-12,15H,7-10H2,1-2H3,(H,18,20)/t15-/m1/s1. The quantitative estimate of drug-likeness (QED) is 0.908. The topological polar surface area (TPSA) is 49.4 Å². The third kappa shape index (κ3) is 2.55. The summed E-state index contributed by atoms with van der Waals surface area (Å²) < 4.78 is 0. The Labute approximate surface area is 125 Å². The number of para-hydroxylation sites is 1. The molecule has 2 aliphatic rings. The van der Waals surface area contributed by atoms with Gasteiger partial charge < -0.3 is 10.2 Å². The van der Waals surface area contributed by atoms with Gasteiger partial charge in [-0.3, -0.25) is 9.59 Å². The summed E-state index contributed by atoms with van der Waals surface area (Å²) in [7, 11) is 0. The van der Waals surface area contributed by atoms with Crippen molar-refractivity contribution in [1.29, 1.82) is 0 Å². The maximum absolute atomic E-state index is 12.3. The Morgan fingerprint density at radius 3 is 2.57 bits per heavy atom. The fourth-order valence-electron chi connectivity index (χ4n) is 3.52. The second-order valence-corrected chi connectivity index (χ2v) is 6.37. The zero-order valence-corrected chi connectivity index (χ0v) is 12.6. The molecule has 2 aliphatic heterocycles. The molecule has 1 saturated heterocycles. The van der Waals surface area contributed by atoms with Crippen LogP contribution in [0.25, 0.3) is 0 Å². The lowest BCUT2D eigenvalue weighted by Gasteiger charge is -2.35. The smallest absolute Gasteiger partial charge is 0.232 e. The van der Waals surface area contributed by atoms with E-state index in [1.807, 2.05) is 43.0 Å². The highest BCUT2D eigenvalue weighted by Crippen LogP contribution is 2.41. The van der Waals surface area contributed by atoms with Crippen LogP contribution in [0.5, 0.6) is 0 Å². The lowest BCUT2D eigenvalue weighted by Crippen LogP contribution is -2.42. The summed E-state index contributed by atoms with van der Waals surface area (Å²) in [4.78, 5) is 26.2. The van der Waals surface area contributed by atoms with E-state index in [2.05, 4.69) is 5.32 Å². The van der Waals surface area contributed by atoms with E-state index in [1.54, 1.807) is 0 Å². The number of rotatable bonds is 2. The van der Waals surface area contributed by atoms with Crippen molar-refractivity contribution in [1.82, 2.24) is 4.90 Å². The van der Waals surface area contributed by atoms with Crippen LogP contribution in [-0.4, -0.2) is 29.8 Å². The number of hydrogen-bond acceptors (Lipinski definition) is 2. The van der Waals surface area contributed by atoms with Crippen molar-refractivity contribution in [2.45, 2.75) is 32.6 Å². The first kappa shape index (κ1) is 14.1. The Balaban J connectivity index is 1.70. The van der Waals surface area contributed by atoms with E-state index in [9.17, 15) is 9.59 Å². The molecule has 1 fully saturated rings. The fourth-order valence-corrected chi connectivity index (χ4v) is 3.52. The normalized spacial score (nSPS) is 22.3. The Morgan fingerprint density at radius 1 is 1.24 bits per heavy atom. The van der Waals surface area contributed by atoms with E-state index in [4.69, 9.17) is 0 Å². The van der Waals surface area contributed by atoms with Gasteiger partial charge in [-0.05, 0) is 30.4 Å². The van der Waals surface area contributed by atoms with Gasteiger partial charge in [-0.1, -0.05) is 32.0 Å². The summed E-state index contributed by atoms with van der Waals surface area (Å²) in [5.74, 6) is 0.689. The molecule has 2 amide bonds. The Hall–Kier alpha value is -1.84. The molecule has 1 aromatic rings. The molecule has 0 aliphatic carbocycles. The van der Waals surface area contributed by atoms with Crippen LogP contribution in [0, 0.1) is 11.8 Å². The van der Waals surface area contributed by atoms with Crippen LogP contribution in [0.3, 0.4) is 0 Å². The van der Waals surface area contributed by atoms with Crippen LogP contribution >= 0.6 is 0 Å². The molecule has 0 bridgehead atoms. The Kier molecular flexibility index (Phi) is 3.70. The minimum Gasteiger partial charge on any atom is -0.342 e. The highest BCUT2D eigenvalue weighted by atomic mass is 16.2. The molecule has 1 N–H and O–H groups in total. The number of carbonyl (C=O) groups excluding carboxylic acids is 2. The van der Waals surface area contributed by atoms with Crippen molar-refractivity contribution in [2.24, 2.45) is 11.8 Å². The van der Waals surface area contributed by atoms with Gasteiger partial charge in [-0.15, -0.1) is 0 Å². The number of nitrogens with zero attached hydrogens (tertiary/aromatic N) is 1. The molecule has 0 aromatic heterocycles. The summed E-state index contributed by atoms with van der Waals surface area (Å²) >= 11 is 0. The Bertz CT molecular complexity index is 560. The SMILES string of the molecule is CC(C)C(=O)N1CCC([C@H]2C(=O)Nc3ccccc32)CC1. The number of piperidine rings is 1. The molecule has 3 rings (SSSR count). The van der Waals surface area contributed by atoms with E-state index >= 15 is 0 Å². The van der Waals surface area contributed by atoms with Crippen molar-refractivity contribution < 1.29 is 9.59 Å². The average molecular weight is 286 g/mol. The van der Waals surface area contributed by atoms with Crippen LogP contribution < -0.4 is 5.32 Å². The van der Waals surface area contributed by atoms with Crippen LogP contribution in [0.2, 0.25) is 0 Å². The molecule has 0 unspecified atom stereocenters. The highest BCUT2D eigenvalue weighted by Gasteiger charge is 2.38. The molecule has 4 heteroatoms. The van der Waals surface area contributed by atoms with Crippen molar-refractivity contribution in [2.75, 3.05) is 18.4 Å². The molecule has 1 atom stereocenters. The fraction of sp³-hybridized carbons (Fsp3) is 0.529. The zero-order chi connectivity index (χ0) is 15.0. The average Bonchev–Trinajstić information content (AvgIpc) is 2.82. The summed E-state index contributed by atoms with van der Waals surface area (Å²) in [6.07, 6.45) is 1.82. The summed E-state index contributed by atoms with van der Waals surface area (Å²) in [6, 6.07) is 7.95. The van der Waals surface area contributed by atoms with Gasteiger partial charge in [0.15, 0.2) is 0 Å². The van der Waals surface area contributed by atoms with Gasteiger partial charge in [0.1, 0.15) is 0 Å². The van der Waals surface area contributed by atoms with Gasteiger partial charge in [-0.25, -0.2) is 0 Å².